The van der Waals surface area contributed by atoms with Crippen molar-refractivity contribution < 1.29 is 4.79 Å². The monoisotopic (exact) mass is 247 g/mol. The summed E-state index contributed by atoms with van der Waals surface area (Å²) in [7, 11) is 0. The first-order chi connectivity index (χ1) is 8.65. The Hall–Kier alpha value is -1.55. The molecule has 2 unspecified atom stereocenters. The molecule has 0 radical (unpaired) electrons. The van der Waals surface area contributed by atoms with Crippen LogP contribution in [0.25, 0.3) is 0 Å². The van der Waals surface area contributed by atoms with E-state index in [2.05, 4.69) is 17.7 Å². The van der Waals surface area contributed by atoms with Gasteiger partial charge in [-0.1, -0.05) is 19.4 Å². The lowest BCUT2D eigenvalue weighted by Gasteiger charge is -2.10. The van der Waals surface area contributed by atoms with Crippen molar-refractivity contribution >= 4 is 11.6 Å². The number of rotatable bonds is 5. The van der Waals surface area contributed by atoms with E-state index in [0.29, 0.717) is 23.2 Å². The van der Waals surface area contributed by atoms with Crippen LogP contribution in [-0.2, 0) is 0 Å². The second-order valence-corrected chi connectivity index (χ2v) is 5.06. The summed E-state index contributed by atoms with van der Waals surface area (Å²) in [5.74, 6) is 6.08. The summed E-state index contributed by atoms with van der Waals surface area (Å²) in [6.45, 7) is 4.15. The molecule has 0 spiro atoms. The van der Waals surface area contributed by atoms with Crippen molar-refractivity contribution in [1.82, 2.24) is 5.32 Å². The summed E-state index contributed by atoms with van der Waals surface area (Å²) in [4.78, 5) is 12.1. The van der Waals surface area contributed by atoms with Crippen LogP contribution in [0.5, 0.6) is 0 Å². The first-order valence-corrected chi connectivity index (χ1v) is 6.53. The summed E-state index contributed by atoms with van der Waals surface area (Å²) in [6.07, 6.45) is 3.48. The Balaban J connectivity index is 2.01. The number of hydrogen-bond donors (Lipinski definition) is 3. The average Bonchev–Trinajstić information content (AvgIpc) is 3.07. The van der Waals surface area contributed by atoms with E-state index in [0.717, 1.165) is 12.0 Å². The Bertz CT molecular complexity index is 445. The number of nitrogens with two attached hydrogens (primary N) is 1. The Morgan fingerprint density at radius 3 is 2.94 bits per heavy atom. The van der Waals surface area contributed by atoms with Crippen LogP contribution < -0.4 is 16.6 Å². The third-order valence-corrected chi connectivity index (χ3v) is 3.47. The number of hydrazine groups is 1. The number of hydrogen-bond acceptors (Lipinski definition) is 3. The van der Waals surface area contributed by atoms with Crippen LogP contribution in [0.3, 0.4) is 0 Å². The molecule has 18 heavy (non-hydrogen) atoms. The minimum absolute atomic E-state index is 0.0356. The van der Waals surface area contributed by atoms with Gasteiger partial charge in [-0.05, 0) is 43.4 Å². The number of nitrogen functional groups attached to an aromatic ring is 1. The van der Waals surface area contributed by atoms with Crippen molar-refractivity contribution in [3.05, 3.63) is 29.3 Å². The second kappa shape index (κ2) is 5.40. The first-order valence-electron chi connectivity index (χ1n) is 6.53. The molecule has 1 saturated carbocycles. The average molecular weight is 247 g/mol. The number of nitrogens with one attached hydrogen (secondary N) is 2. The van der Waals surface area contributed by atoms with Crippen LogP contribution in [0.15, 0.2) is 18.2 Å². The minimum Gasteiger partial charge on any atom is -0.349 e. The lowest BCUT2D eigenvalue weighted by Crippen LogP contribution is -2.28. The fourth-order valence-electron chi connectivity index (χ4n) is 2.34. The van der Waals surface area contributed by atoms with E-state index in [1.54, 1.807) is 0 Å². The number of anilines is 1. The van der Waals surface area contributed by atoms with E-state index in [4.69, 9.17) is 5.84 Å². The molecule has 1 fully saturated rings. The van der Waals surface area contributed by atoms with E-state index < -0.39 is 0 Å². The fraction of sp³-hybridized carbons (Fsp3) is 0.500. The number of amides is 1. The molecule has 4 heteroatoms. The molecule has 1 aromatic carbocycles. The standard InChI is InChI=1S/C14H21N3O/c1-3-4-10-8-12(10)16-14(18)11-6-5-9(2)7-13(11)17-15/h5-7,10,12,17H,3-4,8,15H2,1-2H3,(H,16,18). The quantitative estimate of drug-likeness (QED) is 0.552. The molecule has 1 amide bonds. The molecule has 0 aromatic heterocycles. The third kappa shape index (κ3) is 2.82. The normalized spacial score (nSPS) is 21.5. The fourth-order valence-corrected chi connectivity index (χ4v) is 2.34. The molecule has 2 rings (SSSR count). The van der Waals surface area contributed by atoms with Gasteiger partial charge in [0.1, 0.15) is 0 Å². The van der Waals surface area contributed by atoms with Crippen molar-refractivity contribution in [3.8, 4) is 0 Å². The van der Waals surface area contributed by atoms with Gasteiger partial charge in [-0.15, -0.1) is 0 Å². The van der Waals surface area contributed by atoms with Gasteiger partial charge in [0.25, 0.3) is 5.91 Å². The van der Waals surface area contributed by atoms with Gasteiger partial charge in [0.15, 0.2) is 0 Å². The molecule has 1 aromatic rings. The molecule has 4 nitrogen and oxygen atoms in total. The zero-order valence-corrected chi connectivity index (χ0v) is 11.0. The van der Waals surface area contributed by atoms with Gasteiger partial charge in [-0.2, -0.15) is 0 Å². The van der Waals surface area contributed by atoms with Crippen molar-refractivity contribution in [3.63, 3.8) is 0 Å². The van der Waals surface area contributed by atoms with Crippen LogP contribution in [0, 0.1) is 12.8 Å². The number of aryl methyl sites for hydroxylation is 1. The van der Waals surface area contributed by atoms with Gasteiger partial charge in [-0.3, -0.25) is 10.6 Å². The molecular weight excluding hydrogens is 226 g/mol. The van der Waals surface area contributed by atoms with E-state index in [1.165, 1.54) is 12.8 Å². The predicted molar refractivity (Wildman–Crippen MR) is 73.3 cm³/mol. The summed E-state index contributed by atoms with van der Waals surface area (Å²) in [6, 6.07) is 5.97. The molecule has 0 bridgehead atoms. The van der Waals surface area contributed by atoms with Gasteiger partial charge in [0.05, 0.1) is 11.3 Å². The molecular formula is C14H21N3O. The summed E-state index contributed by atoms with van der Waals surface area (Å²) >= 11 is 0. The SMILES string of the molecule is CCCC1CC1NC(=O)c1ccc(C)cc1NN. The summed E-state index contributed by atoms with van der Waals surface area (Å²) in [5, 5.41) is 3.06. The lowest BCUT2D eigenvalue weighted by molar-refractivity contribution is 0.0949. The number of benzene rings is 1. The zero-order chi connectivity index (χ0) is 13.1. The largest absolute Gasteiger partial charge is 0.349 e. The smallest absolute Gasteiger partial charge is 0.253 e. The molecule has 2 atom stereocenters. The van der Waals surface area contributed by atoms with Gasteiger partial charge in [-0.25, -0.2) is 0 Å². The molecule has 1 aliphatic rings. The molecule has 1 aliphatic carbocycles. The first kappa shape index (κ1) is 12.9. The van der Waals surface area contributed by atoms with Crippen LogP contribution in [0.4, 0.5) is 5.69 Å². The molecule has 4 N–H and O–H groups in total. The highest BCUT2D eigenvalue weighted by Crippen LogP contribution is 2.34. The molecule has 0 heterocycles. The second-order valence-electron chi connectivity index (χ2n) is 5.06. The molecule has 0 saturated heterocycles. The van der Waals surface area contributed by atoms with Crippen molar-refractivity contribution in [1.29, 1.82) is 0 Å². The lowest BCUT2D eigenvalue weighted by atomic mass is 10.1. The Morgan fingerprint density at radius 1 is 1.50 bits per heavy atom. The highest BCUT2D eigenvalue weighted by molar-refractivity contribution is 6.00. The Morgan fingerprint density at radius 2 is 2.28 bits per heavy atom. The van der Waals surface area contributed by atoms with Crippen molar-refractivity contribution in [2.24, 2.45) is 11.8 Å². The third-order valence-electron chi connectivity index (χ3n) is 3.47. The van der Waals surface area contributed by atoms with Crippen LogP contribution >= 0.6 is 0 Å². The van der Waals surface area contributed by atoms with Crippen molar-refractivity contribution in [2.45, 2.75) is 39.2 Å². The topological polar surface area (TPSA) is 67.2 Å². The van der Waals surface area contributed by atoms with E-state index in [-0.39, 0.29) is 5.91 Å². The molecule has 98 valence electrons. The van der Waals surface area contributed by atoms with E-state index in [9.17, 15) is 4.79 Å². The number of carbonyl (C=O) groups is 1. The maximum atomic E-state index is 12.1. The van der Waals surface area contributed by atoms with Gasteiger partial charge >= 0.3 is 0 Å². The predicted octanol–water partition coefficient (Wildman–Crippen LogP) is 2.20. The van der Waals surface area contributed by atoms with E-state index in [1.807, 2.05) is 25.1 Å². The van der Waals surface area contributed by atoms with Gasteiger partial charge < -0.3 is 10.7 Å². The van der Waals surface area contributed by atoms with Gasteiger partial charge in [0.2, 0.25) is 0 Å². The summed E-state index contributed by atoms with van der Waals surface area (Å²) < 4.78 is 0. The Labute approximate surface area is 108 Å². The maximum absolute atomic E-state index is 12.1. The number of carbonyl (C=O) groups excluding carboxylic acids is 1. The van der Waals surface area contributed by atoms with Crippen molar-refractivity contribution in [2.75, 3.05) is 5.43 Å². The highest BCUT2D eigenvalue weighted by atomic mass is 16.1. The maximum Gasteiger partial charge on any atom is 0.253 e. The van der Waals surface area contributed by atoms with E-state index >= 15 is 0 Å². The van der Waals surface area contributed by atoms with Crippen LogP contribution in [-0.4, -0.2) is 11.9 Å². The zero-order valence-electron chi connectivity index (χ0n) is 11.0. The molecule has 0 aliphatic heterocycles. The van der Waals surface area contributed by atoms with Gasteiger partial charge in [0, 0.05) is 6.04 Å². The summed E-state index contributed by atoms with van der Waals surface area (Å²) in [5.41, 5.74) is 4.96. The minimum atomic E-state index is -0.0356. The van der Waals surface area contributed by atoms with Crippen LogP contribution in [0.1, 0.15) is 42.1 Å². The van der Waals surface area contributed by atoms with Crippen LogP contribution in [0.2, 0.25) is 0 Å². The Kier molecular flexibility index (Phi) is 3.87. The highest BCUT2D eigenvalue weighted by Gasteiger charge is 2.37.